The minimum absolute atomic E-state index is 0.534. The summed E-state index contributed by atoms with van der Waals surface area (Å²) in [4.78, 5) is 2.05. The lowest BCUT2D eigenvalue weighted by Gasteiger charge is -2.29. The number of fused-ring (bicyclic) bond motifs is 1. The van der Waals surface area contributed by atoms with Gasteiger partial charge < -0.3 is 10.0 Å². The molecule has 0 bridgehead atoms. The summed E-state index contributed by atoms with van der Waals surface area (Å²) in [5, 5.41) is 20.4. The average molecular weight is 245 g/mol. The SMILES string of the molecule is CCN(CC(C)(C)O)c1nncc2ccccc12. The van der Waals surface area contributed by atoms with E-state index in [-0.39, 0.29) is 0 Å². The molecule has 0 unspecified atom stereocenters. The Morgan fingerprint density at radius 1 is 1.28 bits per heavy atom. The summed E-state index contributed by atoms with van der Waals surface area (Å²) in [5.74, 6) is 0.831. The Morgan fingerprint density at radius 3 is 2.67 bits per heavy atom. The first-order valence-corrected chi connectivity index (χ1v) is 6.19. The van der Waals surface area contributed by atoms with Gasteiger partial charge in [-0.05, 0) is 20.8 Å². The maximum absolute atomic E-state index is 9.96. The van der Waals surface area contributed by atoms with Crippen LogP contribution in [-0.2, 0) is 0 Å². The van der Waals surface area contributed by atoms with Crippen LogP contribution in [0.3, 0.4) is 0 Å². The number of anilines is 1. The van der Waals surface area contributed by atoms with Crippen molar-refractivity contribution in [1.82, 2.24) is 10.2 Å². The fraction of sp³-hybridized carbons (Fsp3) is 0.429. The van der Waals surface area contributed by atoms with Crippen LogP contribution in [-0.4, -0.2) is 34.0 Å². The third kappa shape index (κ3) is 2.76. The van der Waals surface area contributed by atoms with E-state index in [2.05, 4.69) is 22.0 Å². The van der Waals surface area contributed by atoms with E-state index in [0.717, 1.165) is 23.1 Å². The average Bonchev–Trinajstić information content (AvgIpc) is 2.34. The van der Waals surface area contributed by atoms with Crippen molar-refractivity contribution in [3.63, 3.8) is 0 Å². The predicted octanol–water partition coefficient (Wildman–Crippen LogP) is 2.23. The first kappa shape index (κ1) is 12.8. The van der Waals surface area contributed by atoms with Gasteiger partial charge in [-0.25, -0.2) is 0 Å². The number of benzene rings is 1. The van der Waals surface area contributed by atoms with E-state index < -0.39 is 5.60 Å². The highest BCUT2D eigenvalue weighted by atomic mass is 16.3. The van der Waals surface area contributed by atoms with Crippen molar-refractivity contribution in [3.8, 4) is 0 Å². The molecule has 0 aliphatic rings. The third-order valence-corrected chi connectivity index (χ3v) is 2.81. The Bertz CT molecular complexity index is 529. The van der Waals surface area contributed by atoms with Crippen LogP contribution in [0.4, 0.5) is 5.82 Å². The molecule has 0 aliphatic heterocycles. The molecule has 2 rings (SSSR count). The van der Waals surface area contributed by atoms with Crippen LogP contribution in [0, 0.1) is 0 Å². The highest BCUT2D eigenvalue weighted by molar-refractivity contribution is 5.91. The van der Waals surface area contributed by atoms with Crippen molar-refractivity contribution < 1.29 is 5.11 Å². The van der Waals surface area contributed by atoms with E-state index >= 15 is 0 Å². The Morgan fingerprint density at radius 2 is 2.00 bits per heavy atom. The minimum atomic E-state index is -0.755. The van der Waals surface area contributed by atoms with E-state index in [1.54, 1.807) is 20.0 Å². The number of nitrogens with zero attached hydrogens (tertiary/aromatic N) is 3. The quantitative estimate of drug-likeness (QED) is 0.897. The molecule has 2 aromatic rings. The fourth-order valence-corrected chi connectivity index (χ4v) is 2.05. The standard InChI is InChI=1S/C14H19N3O/c1-4-17(10-14(2,3)18)13-12-8-6-5-7-11(12)9-15-16-13/h5-9,18H,4,10H2,1-3H3. The summed E-state index contributed by atoms with van der Waals surface area (Å²) in [7, 11) is 0. The van der Waals surface area contributed by atoms with E-state index in [0.29, 0.717) is 6.54 Å². The monoisotopic (exact) mass is 245 g/mol. The first-order chi connectivity index (χ1) is 8.51. The van der Waals surface area contributed by atoms with Crippen LogP contribution in [0.15, 0.2) is 30.5 Å². The molecule has 18 heavy (non-hydrogen) atoms. The van der Waals surface area contributed by atoms with Gasteiger partial charge in [0.25, 0.3) is 0 Å². The highest BCUT2D eigenvalue weighted by Gasteiger charge is 2.20. The maximum atomic E-state index is 9.96. The summed E-state index contributed by atoms with van der Waals surface area (Å²) in [6.07, 6.45) is 1.76. The molecule has 0 atom stereocenters. The second-order valence-electron chi connectivity index (χ2n) is 5.08. The van der Waals surface area contributed by atoms with Crippen molar-refractivity contribution in [2.75, 3.05) is 18.0 Å². The lowest BCUT2D eigenvalue weighted by atomic mass is 10.1. The van der Waals surface area contributed by atoms with Crippen LogP contribution in [0.5, 0.6) is 0 Å². The van der Waals surface area contributed by atoms with E-state index in [9.17, 15) is 5.11 Å². The summed E-state index contributed by atoms with van der Waals surface area (Å²) in [5.41, 5.74) is -0.755. The lowest BCUT2D eigenvalue weighted by molar-refractivity contribution is 0.0874. The van der Waals surface area contributed by atoms with Gasteiger partial charge in [0.05, 0.1) is 11.8 Å². The number of hydrogen-bond acceptors (Lipinski definition) is 4. The van der Waals surface area contributed by atoms with E-state index in [4.69, 9.17) is 0 Å². The van der Waals surface area contributed by atoms with Crippen molar-refractivity contribution in [1.29, 1.82) is 0 Å². The molecule has 1 N–H and O–H groups in total. The Hall–Kier alpha value is -1.68. The van der Waals surface area contributed by atoms with Crippen molar-refractivity contribution in [2.45, 2.75) is 26.4 Å². The molecule has 0 radical (unpaired) electrons. The number of likely N-dealkylation sites (N-methyl/N-ethyl adjacent to an activating group) is 1. The van der Waals surface area contributed by atoms with Gasteiger partial charge in [-0.1, -0.05) is 24.3 Å². The van der Waals surface area contributed by atoms with Crippen molar-refractivity contribution in [3.05, 3.63) is 30.5 Å². The van der Waals surface area contributed by atoms with Crippen LogP contribution in [0.1, 0.15) is 20.8 Å². The zero-order chi connectivity index (χ0) is 13.2. The van der Waals surface area contributed by atoms with Gasteiger partial charge in [-0.3, -0.25) is 0 Å². The summed E-state index contributed by atoms with van der Waals surface area (Å²) >= 11 is 0. The molecule has 1 heterocycles. The Balaban J connectivity index is 2.45. The molecular formula is C14H19N3O. The third-order valence-electron chi connectivity index (χ3n) is 2.81. The second-order valence-corrected chi connectivity index (χ2v) is 5.08. The molecule has 96 valence electrons. The second kappa shape index (κ2) is 4.90. The van der Waals surface area contributed by atoms with Gasteiger partial charge in [0.1, 0.15) is 0 Å². The summed E-state index contributed by atoms with van der Waals surface area (Å²) in [6.45, 7) is 6.97. The molecule has 1 aromatic carbocycles. The topological polar surface area (TPSA) is 49.2 Å². The molecular weight excluding hydrogens is 226 g/mol. The lowest BCUT2D eigenvalue weighted by Crippen LogP contribution is -2.39. The van der Waals surface area contributed by atoms with Gasteiger partial charge in [0.2, 0.25) is 0 Å². The van der Waals surface area contributed by atoms with Crippen LogP contribution >= 0.6 is 0 Å². The molecule has 4 heteroatoms. The number of aliphatic hydroxyl groups is 1. The largest absolute Gasteiger partial charge is 0.389 e. The van der Waals surface area contributed by atoms with Gasteiger partial charge in [0.15, 0.2) is 5.82 Å². The number of aromatic nitrogens is 2. The molecule has 1 aromatic heterocycles. The molecule has 0 amide bonds. The molecule has 4 nitrogen and oxygen atoms in total. The zero-order valence-corrected chi connectivity index (χ0v) is 11.1. The predicted molar refractivity (Wildman–Crippen MR) is 73.7 cm³/mol. The normalized spacial score (nSPS) is 11.8. The van der Waals surface area contributed by atoms with Gasteiger partial charge in [0, 0.05) is 23.9 Å². The summed E-state index contributed by atoms with van der Waals surface area (Å²) in [6, 6.07) is 8.03. The van der Waals surface area contributed by atoms with Gasteiger partial charge in [-0.15, -0.1) is 5.10 Å². The zero-order valence-electron chi connectivity index (χ0n) is 11.1. The van der Waals surface area contributed by atoms with E-state index in [1.165, 1.54) is 0 Å². The fourth-order valence-electron chi connectivity index (χ4n) is 2.05. The smallest absolute Gasteiger partial charge is 0.159 e. The van der Waals surface area contributed by atoms with Crippen LogP contribution in [0.25, 0.3) is 10.8 Å². The highest BCUT2D eigenvalue weighted by Crippen LogP contribution is 2.24. The molecule has 0 aliphatic carbocycles. The molecule has 0 fully saturated rings. The maximum Gasteiger partial charge on any atom is 0.159 e. The van der Waals surface area contributed by atoms with Crippen molar-refractivity contribution >= 4 is 16.6 Å². The molecule has 0 saturated carbocycles. The van der Waals surface area contributed by atoms with Gasteiger partial charge >= 0.3 is 0 Å². The van der Waals surface area contributed by atoms with E-state index in [1.807, 2.05) is 24.3 Å². The Labute approximate surface area is 107 Å². The van der Waals surface area contributed by atoms with Crippen LogP contribution < -0.4 is 4.90 Å². The molecule has 0 saturated heterocycles. The Kier molecular flexibility index (Phi) is 3.48. The minimum Gasteiger partial charge on any atom is -0.389 e. The first-order valence-electron chi connectivity index (χ1n) is 6.19. The number of hydrogen-bond donors (Lipinski definition) is 1. The van der Waals surface area contributed by atoms with Crippen molar-refractivity contribution in [2.24, 2.45) is 0 Å². The van der Waals surface area contributed by atoms with Crippen LogP contribution in [0.2, 0.25) is 0 Å². The summed E-state index contributed by atoms with van der Waals surface area (Å²) < 4.78 is 0. The molecule has 0 spiro atoms. The van der Waals surface area contributed by atoms with Gasteiger partial charge in [-0.2, -0.15) is 5.10 Å². The number of rotatable bonds is 4.